The maximum atomic E-state index is 8.97. The average molecular weight is 278 g/mol. The molecule has 0 bridgehead atoms. The Labute approximate surface area is 115 Å². The van der Waals surface area contributed by atoms with Gasteiger partial charge in [0, 0.05) is 5.56 Å². The lowest BCUT2D eigenvalue weighted by atomic mass is 10.1. The van der Waals surface area contributed by atoms with Crippen molar-refractivity contribution in [3.63, 3.8) is 0 Å². The lowest BCUT2D eigenvalue weighted by molar-refractivity contribution is 0.306. The van der Waals surface area contributed by atoms with Gasteiger partial charge in [-0.1, -0.05) is 47.5 Å². The first-order valence-corrected chi connectivity index (χ1v) is 6.03. The van der Waals surface area contributed by atoms with E-state index in [9.17, 15) is 0 Å². The summed E-state index contributed by atoms with van der Waals surface area (Å²) in [5.41, 5.74) is 1.39. The predicted molar refractivity (Wildman–Crippen MR) is 72.0 cm³/mol. The molecule has 4 heteroatoms. The summed E-state index contributed by atoms with van der Waals surface area (Å²) in [5, 5.41) is 9.88. The molecule has 2 rings (SSSR count). The highest BCUT2D eigenvalue weighted by Crippen LogP contribution is 2.33. The Morgan fingerprint density at radius 2 is 1.67 bits per heavy atom. The highest BCUT2D eigenvalue weighted by Gasteiger charge is 2.08. The lowest BCUT2D eigenvalue weighted by Gasteiger charge is -2.10. The van der Waals surface area contributed by atoms with E-state index in [2.05, 4.69) is 6.07 Å². The Morgan fingerprint density at radius 1 is 1.00 bits per heavy atom. The van der Waals surface area contributed by atoms with Crippen LogP contribution in [0.3, 0.4) is 0 Å². The molecular weight excluding hydrogens is 269 g/mol. The van der Waals surface area contributed by atoms with Crippen LogP contribution in [0.5, 0.6) is 5.75 Å². The van der Waals surface area contributed by atoms with Crippen LogP contribution in [0, 0.1) is 11.3 Å². The van der Waals surface area contributed by atoms with E-state index in [-0.39, 0.29) is 6.61 Å². The smallest absolute Gasteiger partial charge is 0.156 e. The van der Waals surface area contributed by atoms with Crippen molar-refractivity contribution in [2.24, 2.45) is 0 Å². The van der Waals surface area contributed by atoms with Crippen molar-refractivity contribution in [1.29, 1.82) is 5.26 Å². The minimum atomic E-state index is 0.257. The van der Waals surface area contributed by atoms with Crippen LogP contribution >= 0.6 is 23.2 Å². The van der Waals surface area contributed by atoms with Gasteiger partial charge >= 0.3 is 0 Å². The van der Waals surface area contributed by atoms with E-state index in [1.54, 1.807) is 24.3 Å². The van der Waals surface area contributed by atoms with E-state index in [0.29, 0.717) is 21.4 Å². The third-order valence-corrected chi connectivity index (χ3v) is 3.02. The van der Waals surface area contributed by atoms with Crippen LogP contribution in [0.2, 0.25) is 10.0 Å². The lowest BCUT2D eigenvalue weighted by Crippen LogP contribution is -1.99. The first kappa shape index (κ1) is 12.8. The summed E-state index contributed by atoms with van der Waals surface area (Å²) in [6.07, 6.45) is 0. The summed E-state index contributed by atoms with van der Waals surface area (Å²) in [6.45, 7) is 0.257. The van der Waals surface area contributed by atoms with E-state index in [0.717, 1.165) is 5.56 Å². The minimum Gasteiger partial charge on any atom is -0.486 e. The number of hydrogen-bond donors (Lipinski definition) is 0. The van der Waals surface area contributed by atoms with Crippen molar-refractivity contribution < 1.29 is 4.74 Å². The number of halogens is 2. The predicted octanol–water partition coefficient (Wildman–Crippen LogP) is 4.44. The van der Waals surface area contributed by atoms with Gasteiger partial charge in [0.1, 0.15) is 6.61 Å². The minimum absolute atomic E-state index is 0.257. The van der Waals surface area contributed by atoms with Crippen molar-refractivity contribution >= 4 is 23.2 Å². The molecule has 0 spiro atoms. The molecule has 0 aliphatic rings. The van der Waals surface area contributed by atoms with Gasteiger partial charge in [0.15, 0.2) is 5.75 Å². The second-order valence-corrected chi connectivity index (χ2v) is 4.42. The van der Waals surface area contributed by atoms with E-state index >= 15 is 0 Å². The van der Waals surface area contributed by atoms with Crippen molar-refractivity contribution in [2.75, 3.05) is 0 Å². The summed E-state index contributed by atoms with van der Waals surface area (Å²) in [7, 11) is 0. The highest BCUT2D eigenvalue weighted by atomic mass is 35.5. The molecule has 0 aromatic heterocycles. The molecule has 90 valence electrons. The Kier molecular flexibility index (Phi) is 4.09. The van der Waals surface area contributed by atoms with Crippen LogP contribution in [0.4, 0.5) is 0 Å². The Morgan fingerprint density at radius 3 is 2.33 bits per heavy atom. The number of rotatable bonds is 3. The SMILES string of the molecule is N#Cc1ccccc1COc1c(Cl)cccc1Cl. The molecule has 0 radical (unpaired) electrons. The van der Waals surface area contributed by atoms with Gasteiger partial charge in [-0.15, -0.1) is 0 Å². The van der Waals surface area contributed by atoms with Crippen LogP contribution in [0.25, 0.3) is 0 Å². The van der Waals surface area contributed by atoms with Gasteiger partial charge in [-0.3, -0.25) is 0 Å². The van der Waals surface area contributed by atoms with Gasteiger partial charge in [-0.25, -0.2) is 0 Å². The highest BCUT2D eigenvalue weighted by molar-refractivity contribution is 6.37. The molecule has 2 aromatic carbocycles. The Hall–Kier alpha value is -1.69. The molecule has 0 fully saturated rings. The summed E-state index contributed by atoms with van der Waals surface area (Å²) in [5.74, 6) is 0.438. The third-order valence-electron chi connectivity index (χ3n) is 2.43. The van der Waals surface area contributed by atoms with E-state index in [1.807, 2.05) is 18.2 Å². The second-order valence-electron chi connectivity index (χ2n) is 3.61. The molecule has 0 heterocycles. The van der Waals surface area contributed by atoms with Gasteiger partial charge in [-0.05, 0) is 18.2 Å². The zero-order chi connectivity index (χ0) is 13.0. The van der Waals surface area contributed by atoms with Crippen LogP contribution in [0.15, 0.2) is 42.5 Å². The Balaban J connectivity index is 2.20. The number of para-hydroxylation sites is 1. The molecule has 0 N–H and O–H groups in total. The zero-order valence-electron chi connectivity index (χ0n) is 9.36. The zero-order valence-corrected chi connectivity index (χ0v) is 10.9. The number of benzene rings is 2. The maximum Gasteiger partial charge on any atom is 0.156 e. The number of hydrogen-bond acceptors (Lipinski definition) is 2. The van der Waals surface area contributed by atoms with Gasteiger partial charge in [0.25, 0.3) is 0 Å². The molecular formula is C14H9Cl2NO. The summed E-state index contributed by atoms with van der Waals surface area (Å²) in [4.78, 5) is 0. The summed E-state index contributed by atoms with van der Waals surface area (Å²) in [6, 6.07) is 14.5. The molecule has 2 nitrogen and oxygen atoms in total. The largest absolute Gasteiger partial charge is 0.486 e. The summed E-state index contributed by atoms with van der Waals surface area (Å²) < 4.78 is 5.58. The molecule has 0 unspecified atom stereocenters. The van der Waals surface area contributed by atoms with Crippen molar-refractivity contribution in [2.45, 2.75) is 6.61 Å². The monoisotopic (exact) mass is 277 g/mol. The molecule has 2 aromatic rings. The van der Waals surface area contributed by atoms with Crippen LogP contribution in [-0.4, -0.2) is 0 Å². The first-order valence-electron chi connectivity index (χ1n) is 5.27. The van der Waals surface area contributed by atoms with Gasteiger partial charge < -0.3 is 4.74 Å². The number of ether oxygens (including phenoxy) is 1. The topological polar surface area (TPSA) is 33.0 Å². The quantitative estimate of drug-likeness (QED) is 0.831. The fourth-order valence-corrected chi connectivity index (χ4v) is 2.03. The summed E-state index contributed by atoms with van der Waals surface area (Å²) >= 11 is 12.0. The second kappa shape index (κ2) is 5.77. The Bertz CT molecular complexity index is 585. The molecule has 0 aliphatic heterocycles. The van der Waals surface area contributed by atoms with E-state index < -0.39 is 0 Å². The van der Waals surface area contributed by atoms with Gasteiger partial charge in [0.05, 0.1) is 21.7 Å². The molecule has 0 amide bonds. The molecule has 18 heavy (non-hydrogen) atoms. The van der Waals surface area contributed by atoms with Crippen molar-refractivity contribution in [1.82, 2.24) is 0 Å². The van der Waals surface area contributed by atoms with Crippen molar-refractivity contribution in [3.8, 4) is 11.8 Å². The molecule has 0 saturated carbocycles. The first-order chi connectivity index (χ1) is 8.72. The van der Waals surface area contributed by atoms with E-state index in [4.69, 9.17) is 33.2 Å². The van der Waals surface area contributed by atoms with Crippen LogP contribution in [-0.2, 0) is 6.61 Å². The number of nitriles is 1. The van der Waals surface area contributed by atoms with Crippen LogP contribution < -0.4 is 4.74 Å². The third kappa shape index (κ3) is 2.76. The fourth-order valence-electron chi connectivity index (χ4n) is 1.53. The van der Waals surface area contributed by atoms with Crippen LogP contribution in [0.1, 0.15) is 11.1 Å². The standard InChI is InChI=1S/C14H9Cl2NO/c15-12-6-3-7-13(16)14(12)18-9-11-5-2-1-4-10(11)8-17/h1-7H,9H2. The van der Waals surface area contributed by atoms with E-state index in [1.165, 1.54) is 0 Å². The number of nitrogens with zero attached hydrogens (tertiary/aromatic N) is 1. The molecule has 0 atom stereocenters. The van der Waals surface area contributed by atoms with Gasteiger partial charge in [-0.2, -0.15) is 5.26 Å². The molecule has 0 saturated heterocycles. The molecule has 0 aliphatic carbocycles. The normalized spacial score (nSPS) is 9.83. The maximum absolute atomic E-state index is 8.97. The fraction of sp³-hybridized carbons (Fsp3) is 0.0714. The van der Waals surface area contributed by atoms with Crippen molar-refractivity contribution in [3.05, 3.63) is 63.6 Å². The average Bonchev–Trinajstić information content (AvgIpc) is 2.38. The van der Waals surface area contributed by atoms with Gasteiger partial charge in [0.2, 0.25) is 0 Å².